The maximum Gasteiger partial charge on any atom is 0.319 e. The monoisotopic (exact) mass is 465 g/mol. The molecule has 3 aromatic rings. The first-order chi connectivity index (χ1) is 15.8. The van der Waals surface area contributed by atoms with E-state index in [1.165, 1.54) is 4.31 Å². The van der Waals surface area contributed by atoms with Gasteiger partial charge < -0.3 is 15.4 Å². The lowest BCUT2D eigenvalue weighted by Crippen LogP contribution is -2.36. The van der Waals surface area contributed by atoms with Crippen molar-refractivity contribution in [2.45, 2.75) is 31.3 Å². The molecule has 2 amide bonds. The van der Waals surface area contributed by atoms with E-state index in [-0.39, 0.29) is 12.6 Å². The van der Waals surface area contributed by atoms with E-state index < -0.39 is 10.0 Å². The van der Waals surface area contributed by atoms with Crippen LogP contribution >= 0.6 is 0 Å². The van der Waals surface area contributed by atoms with Crippen molar-refractivity contribution in [2.24, 2.45) is 0 Å². The number of nitrogens with one attached hydrogen (secondary N) is 2. The van der Waals surface area contributed by atoms with Gasteiger partial charge in [-0.1, -0.05) is 35.9 Å². The first-order valence-corrected chi connectivity index (χ1v) is 12.2. The molecule has 0 bridgehead atoms. The second-order valence-corrected chi connectivity index (χ2v) is 9.98. The Labute approximate surface area is 194 Å². The van der Waals surface area contributed by atoms with Gasteiger partial charge in [0.15, 0.2) is 0 Å². The molecule has 2 N–H and O–H groups in total. The summed E-state index contributed by atoms with van der Waals surface area (Å²) in [6.07, 6.45) is 0.629. The third-order valence-corrected chi connectivity index (χ3v) is 7.57. The fraction of sp³-hybridized carbons (Fsp3) is 0.240. The SMILES string of the molecule is COc1ccc(CNC(=O)Nc2ccc3c(c2)CN(S(=O)(=O)c2ccc(C)cc2)CC3)cc1. The van der Waals surface area contributed by atoms with Crippen molar-refractivity contribution in [2.75, 3.05) is 19.0 Å². The number of sulfonamides is 1. The minimum Gasteiger partial charge on any atom is -0.497 e. The van der Waals surface area contributed by atoms with Crippen molar-refractivity contribution < 1.29 is 17.9 Å². The van der Waals surface area contributed by atoms with Crippen LogP contribution < -0.4 is 15.4 Å². The van der Waals surface area contributed by atoms with Gasteiger partial charge in [0, 0.05) is 25.3 Å². The third-order valence-electron chi connectivity index (χ3n) is 5.71. The summed E-state index contributed by atoms with van der Waals surface area (Å²) in [4.78, 5) is 12.7. The Morgan fingerprint density at radius 2 is 1.73 bits per heavy atom. The number of rotatable bonds is 6. The summed E-state index contributed by atoms with van der Waals surface area (Å²) in [6.45, 7) is 3.01. The molecule has 0 radical (unpaired) electrons. The summed E-state index contributed by atoms with van der Waals surface area (Å²) in [5, 5.41) is 5.66. The summed E-state index contributed by atoms with van der Waals surface area (Å²) < 4.78 is 32.8. The van der Waals surface area contributed by atoms with Crippen molar-refractivity contribution in [3.05, 3.63) is 89.0 Å². The topological polar surface area (TPSA) is 87.7 Å². The fourth-order valence-electron chi connectivity index (χ4n) is 3.77. The van der Waals surface area contributed by atoms with Crippen LogP contribution in [0, 0.1) is 6.92 Å². The molecule has 0 spiro atoms. The molecule has 33 heavy (non-hydrogen) atoms. The van der Waals surface area contributed by atoms with E-state index in [1.807, 2.05) is 49.4 Å². The van der Waals surface area contributed by atoms with Crippen LogP contribution in [-0.2, 0) is 29.5 Å². The molecule has 0 saturated carbocycles. The van der Waals surface area contributed by atoms with Crippen molar-refractivity contribution in [3.63, 3.8) is 0 Å². The van der Waals surface area contributed by atoms with Crippen molar-refractivity contribution in [3.8, 4) is 5.75 Å². The van der Waals surface area contributed by atoms with E-state index in [0.29, 0.717) is 30.1 Å². The lowest BCUT2D eigenvalue weighted by atomic mass is 10.0. The van der Waals surface area contributed by atoms with Gasteiger partial charge in [-0.25, -0.2) is 13.2 Å². The Bertz CT molecular complexity index is 1240. The summed E-state index contributed by atoms with van der Waals surface area (Å²) in [6, 6.07) is 19.7. The molecule has 1 aliphatic rings. The van der Waals surface area contributed by atoms with E-state index in [9.17, 15) is 13.2 Å². The Balaban J connectivity index is 1.40. The molecule has 0 fully saturated rings. The van der Waals surface area contributed by atoms with Gasteiger partial charge in [-0.2, -0.15) is 4.31 Å². The maximum atomic E-state index is 13.1. The predicted octanol–water partition coefficient (Wildman–Crippen LogP) is 4.07. The number of amides is 2. The van der Waals surface area contributed by atoms with E-state index in [4.69, 9.17) is 4.74 Å². The van der Waals surface area contributed by atoms with Gasteiger partial charge in [-0.3, -0.25) is 0 Å². The van der Waals surface area contributed by atoms with Crippen molar-refractivity contribution in [1.29, 1.82) is 0 Å². The largest absolute Gasteiger partial charge is 0.497 e. The zero-order chi connectivity index (χ0) is 23.4. The number of anilines is 1. The zero-order valence-corrected chi connectivity index (χ0v) is 19.5. The van der Waals surface area contributed by atoms with Crippen LogP contribution in [0.1, 0.15) is 22.3 Å². The minimum absolute atomic E-state index is 0.272. The number of fused-ring (bicyclic) bond motifs is 1. The molecule has 3 aromatic carbocycles. The van der Waals surface area contributed by atoms with Crippen LogP contribution in [-0.4, -0.2) is 32.4 Å². The number of hydrogen-bond donors (Lipinski definition) is 2. The van der Waals surface area contributed by atoms with E-state index in [1.54, 1.807) is 31.4 Å². The number of hydrogen-bond acceptors (Lipinski definition) is 4. The smallest absolute Gasteiger partial charge is 0.319 e. The van der Waals surface area contributed by atoms with Gasteiger partial charge in [-0.05, 0) is 66.4 Å². The summed E-state index contributed by atoms with van der Waals surface area (Å²) in [5.41, 5.74) is 4.57. The van der Waals surface area contributed by atoms with Crippen LogP contribution in [0.5, 0.6) is 5.75 Å². The van der Waals surface area contributed by atoms with Gasteiger partial charge in [0.2, 0.25) is 10.0 Å². The highest BCUT2D eigenvalue weighted by atomic mass is 32.2. The zero-order valence-electron chi connectivity index (χ0n) is 18.7. The van der Waals surface area contributed by atoms with Crippen molar-refractivity contribution >= 4 is 21.7 Å². The number of benzene rings is 3. The standard InChI is InChI=1S/C25H27N3O4S/c1-18-3-11-24(12-4-18)33(30,31)28-14-13-20-7-8-22(15-21(20)17-28)27-25(29)26-16-19-5-9-23(32-2)10-6-19/h3-12,15H,13-14,16-17H2,1-2H3,(H2,26,27,29). The van der Waals surface area contributed by atoms with Crippen LogP contribution in [0.15, 0.2) is 71.6 Å². The highest BCUT2D eigenvalue weighted by Gasteiger charge is 2.28. The van der Waals surface area contributed by atoms with Crippen LogP contribution in [0.3, 0.4) is 0 Å². The number of nitrogens with zero attached hydrogens (tertiary/aromatic N) is 1. The molecule has 7 nitrogen and oxygen atoms in total. The summed E-state index contributed by atoms with van der Waals surface area (Å²) in [7, 11) is -1.97. The molecule has 0 aliphatic carbocycles. The number of carbonyl (C=O) groups excluding carboxylic acids is 1. The second-order valence-electron chi connectivity index (χ2n) is 8.04. The van der Waals surface area contributed by atoms with E-state index >= 15 is 0 Å². The quantitative estimate of drug-likeness (QED) is 0.574. The molecular formula is C25H27N3O4S. The molecule has 4 rings (SSSR count). The van der Waals surface area contributed by atoms with Crippen molar-refractivity contribution in [1.82, 2.24) is 9.62 Å². The van der Waals surface area contributed by atoms with Crippen LogP contribution in [0.25, 0.3) is 0 Å². The molecule has 1 heterocycles. The van der Waals surface area contributed by atoms with Gasteiger partial charge in [-0.15, -0.1) is 0 Å². The van der Waals surface area contributed by atoms with Gasteiger partial charge in [0.25, 0.3) is 0 Å². The van der Waals surface area contributed by atoms with Crippen LogP contribution in [0.2, 0.25) is 0 Å². The normalized spacial score (nSPS) is 13.8. The lowest BCUT2D eigenvalue weighted by Gasteiger charge is -2.28. The summed E-state index contributed by atoms with van der Waals surface area (Å²) in [5.74, 6) is 0.760. The number of carbonyl (C=O) groups is 1. The number of methoxy groups -OCH3 is 1. The molecular weight excluding hydrogens is 438 g/mol. The Morgan fingerprint density at radius 3 is 2.42 bits per heavy atom. The Hall–Kier alpha value is -3.36. The second kappa shape index (κ2) is 9.64. The number of aryl methyl sites for hydroxylation is 1. The fourth-order valence-corrected chi connectivity index (χ4v) is 5.19. The van der Waals surface area contributed by atoms with Gasteiger partial charge in [0.1, 0.15) is 5.75 Å². The average Bonchev–Trinajstić information content (AvgIpc) is 2.83. The first kappa shape index (κ1) is 22.8. The van der Waals surface area contributed by atoms with Gasteiger partial charge in [0.05, 0.1) is 12.0 Å². The number of urea groups is 1. The Morgan fingerprint density at radius 1 is 1.00 bits per heavy atom. The number of ether oxygens (including phenoxy) is 1. The minimum atomic E-state index is -3.58. The molecule has 1 aliphatic heterocycles. The van der Waals surface area contributed by atoms with E-state index in [2.05, 4.69) is 10.6 Å². The third kappa shape index (κ3) is 5.35. The molecule has 0 saturated heterocycles. The highest BCUT2D eigenvalue weighted by Crippen LogP contribution is 2.27. The molecule has 0 aromatic heterocycles. The molecule has 172 valence electrons. The molecule has 0 atom stereocenters. The lowest BCUT2D eigenvalue weighted by molar-refractivity contribution is 0.251. The Kier molecular flexibility index (Phi) is 6.67. The molecule has 8 heteroatoms. The average molecular weight is 466 g/mol. The predicted molar refractivity (Wildman–Crippen MR) is 128 cm³/mol. The van der Waals surface area contributed by atoms with Gasteiger partial charge >= 0.3 is 6.03 Å². The summed E-state index contributed by atoms with van der Waals surface area (Å²) >= 11 is 0. The molecule has 0 unspecified atom stereocenters. The highest BCUT2D eigenvalue weighted by molar-refractivity contribution is 7.89. The van der Waals surface area contributed by atoms with Crippen LogP contribution in [0.4, 0.5) is 10.5 Å². The maximum absolute atomic E-state index is 13.1. The first-order valence-electron chi connectivity index (χ1n) is 10.7. The van der Waals surface area contributed by atoms with E-state index in [0.717, 1.165) is 28.0 Å².